The van der Waals surface area contributed by atoms with E-state index >= 15 is 0 Å². The lowest BCUT2D eigenvalue weighted by molar-refractivity contribution is 0.0994. The Kier molecular flexibility index (Phi) is 5.88. The van der Waals surface area contributed by atoms with E-state index < -0.39 is 23.9 Å². The summed E-state index contributed by atoms with van der Waals surface area (Å²) >= 11 is 0.806. The van der Waals surface area contributed by atoms with Gasteiger partial charge in [0.05, 0.1) is 24.2 Å². The molecule has 0 saturated carbocycles. The monoisotopic (exact) mass is 511 g/mol. The number of nitrogens with two attached hydrogens (primary N) is 1. The maximum absolute atomic E-state index is 13.5. The van der Waals surface area contributed by atoms with E-state index in [2.05, 4.69) is 15.4 Å². The number of alkyl halides is 2. The first kappa shape index (κ1) is 23.4. The third-order valence-electron chi connectivity index (χ3n) is 5.45. The molecule has 5 heterocycles. The van der Waals surface area contributed by atoms with Gasteiger partial charge in [-0.25, -0.2) is 13.8 Å². The van der Waals surface area contributed by atoms with Crippen LogP contribution in [0.5, 0.6) is 0 Å². The average molecular weight is 512 g/mol. The minimum absolute atomic E-state index is 0.0157. The largest absolute Gasteiger partial charge is 0.464 e. The highest BCUT2D eigenvalue weighted by molar-refractivity contribution is 7.21. The molecule has 9 nitrogen and oxygen atoms in total. The van der Waals surface area contributed by atoms with Gasteiger partial charge in [-0.1, -0.05) is 0 Å². The predicted octanol–water partition coefficient (Wildman–Crippen LogP) is 5.30. The van der Waals surface area contributed by atoms with Crippen LogP contribution < -0.4 is 11.1 Å². The number of carbonyl (C=O) groups excluding carboxylic acids is 2. The number of hydrogen-bond donors (Lipinski definition) is 2. The van der Waals surface area contributed by atoms with Gasteiger partial charge in [0.15, 0.2) is 5.76 Å². The summed E-state index contributed by atoms with van der Waals surface area (Å²) in [6.07, 6.45) is -1.47. The SMILES string of the molecule is Cc1cc(C)n(Cc2ccc(C(=O)Nc3c(C(N)=O)sc4nc(C(F)F)cc(-c5ccco5)c34)o2)n1. The molecule has 5 rings (SSSR count). The van der Waals surface area contributed by atoms with E-state index in [1.807, 2.05) is 19.9 Å². The van der Waals surface area contributed by atoms with E-state index in [-0.39, 0.29) is 37.9 Å². The number of carbonyl (C=O) groups is 2. The van der Waals surface area contributed by atoms with Crippen molar-refractivity contribution in [3.8, 4) is 11.3 Å². The number of rotatable bonds is 7. The highest BCUT2D eigenvalue weighted by Crippen LogP contribution is 2.42. The zero-order chi connectivity index (χ0) is 25.6. The number of aryl methyl sites for hydroxylation is 2. The second-order valence-corrected chi connectivity index (χ2v) is 9.03. The number of nitrogens with zero attached hydrogens (tertiary/aromatic N) is 3. The summed E-state index contributed by atoms with van der Waals surface area (Å²) in [5, 5.41) is 7.30. The Morgan fingerprint density at radius 1 is 1.22 bits per heavy atom. The summed E-state index contributed by atoms with van der Waals surface area (Å²) in [7, 11) is 0. The summed E-state index contributed by atoms with van der Waals surface area (Å²) in [6.45, 7) is 4.11. The van der Waals surface area contributed by atoms with Crippen molar-refractivity contribution < 1.29 is 27.2 Å². The Hall–Kier alpha value is -4.32. The van der Waals surface area contributed by atoms with Gasteiger partial charge in [-0.05, 0) is 50.2 Å². The van der Waals surface area contributed by atoms with Crippen molar-refractivity contribution in [2.45, 2.75) is 26.8 Å². The van der Waals surface area contributed by atoms with Crippen LogP contribution in [-0.2, 0) is 6.54 Å². The summed E-state index contributed by atoms with van der Waals surface area (Å²) in [6, 6.07) is 9.41. The molecule has 0 aliphatic heterocycles. The van der Waals surface area contributed by atoms with Crippen LogP contribution >= 0.6 is 11.3 Å². The molecule has 0 bridgehead atoms. The lowest BCUT2D eigenvalue weighted by atomic mass is 10.1. The molecule has 12 heteroatoms. The van der Waals surface area contributed by atoms with Crippen molar-refractivity contribution >= 4 is 39.1 Å². The number of primary amides is 1. The number of nitrogens with one attached hydrogen (secondary N) is 1. The summed E-state index contributed by atoms with van der Waals surface area (Å²) in [5.41, 5.74) is 7.14. The van der Waals surface area contributed by atoms with Gasteiger partial charge >= 0.3 is 0 Å². The molecular weight excluding hydrogens is 492 g/mol. The van der Waals surface area contributed by atoms with Gasteiger partial charge < -0.3 is 19.9 Å². The van der Waals surface area contributed by atoms with Gasteiger partial charge in [0.2, 0.25) is 0 Å². The van der Waals surface area contributed by atoms with Crippen LogP contribution in [0.4, 0.5) is 14.5 Å². The second kappa shape index (κ2) is 9.04. The molecule has 0 radical (unpaired) electrons. The normalized spacial score (nSPS) is 11.5. The number of aromatic nitrogens is 3. The van der Waals surface area contributed by atoms with Crippen LogP contribution in [0.2, 0.25) is 0 Å². The molecule has 2 amide bonds. The molecule has 0 spiro atoms. The van der Waals surface area contributed by atoms with Crippen LogP contribution in [0.3, 0.4) is 0 Å². The zero-order valence-corrected chi connectivity index (χ0v) is 19.9. The molecule has 0 atom stereocenters. The van der Waals surface area contributed by atoms with Crippen molar-refractivity contribution in [1.29, 1.82) is 0 Å². The molecule has 0 aliphatic rings. The lowest BCUT2D eigenvalue weighted by Gasteiger charge is -2.09. The van der Waals surface area contributed by atoms with Crippen molar-refractivity contribution in [3.05, 3.63) is 76.1 Å². The minimum Gasteiger partial charge on any atom is -0.464 e. The molecule has 3 N–H and O–H groups in total. The number of thiophene rings is 1. The maximum Gasteiger partial charge on any atom is 0.291 e. The second-order valence-electron chi connectivity index (χ2n) is 8.03. The van der Waals surface area contributed by atoms with Crippen LogP contribution in [-0.4, -0.2) is 26.6 Å². The predicted molar refractivity (Wildman–Crippen MR) is 128 cm³/mol. The first-order valence-electron chi connectivity index (χ1n) is 10.7. The number of furan rings is 2. The van der Waals surface area contributed by atoms with Crippen molar-refractivity contribution in [1.82, 2.24) is 14.8 Å². The fraction of sp³-hybridized carbons (Fsp3) is 0.167. The fourth-order valence-corrected chi connectivity index (χ4v) is 4.90. The topological polar surface area (TPSA) is 129 Å². The first-order valence-corrected chi connectivity index (χ1v) is 11.5. The Labute approximate surface area is 206 Å². The Balaban J connectivity index is 1.54. The standard InChI is InChI=1S/C24H19F2N5O4S/c1-11-8-12(2)31(30-11)10-13-5-6-17(35-13)23(33)29-19-18-14(16-4-3-7-34-16)9-15(21(25)26)28-24(18)36-20(19)22(27)32/h3-9,21H,10H2,1-2H3,(H2,27,32)(H,29,33). The molecule has 5 aromatic heterocycles. The fourth-order valence-electron chi connectivity index (χ4n) is 3.89. The summed E-state index contributed by atoms with van der Waals surface area (Å²) in [5.74, 6) is -0.755. The van der Waals surface area contributed by atoms with E-state index in [1.54, 1.807) is 22.9 Å². The molecule has 5 aromatic rings. The molecule has 0 aromatic carbocycles. The maximum atomic E-state index is 13.5. The highest BCUT2D eigenvalue weighted by Gasteiger charge is 2.26. The summed E-state index contributed by atoms with van der Waals surface area (Å²) in [4.78, 5) is 29.4. The van der Waals surface area contributed by atoms with E-state index in [4.69, 9.17) is 14.6 Å². The van der Waals surface area contributed by atoms with Crippen LogP contribution in [0.15, 0.2) is 51.5 Å². The highest BCUT2D eigenvalue weighted by atomic mass is 32.1. The number of amides is 2. The van der Waals surface area contributed by atoms with E-state index in [9.17, 15) is 18.4 Å². The number of anilines is 1. The number of halogens is 2. The van der Waals surface area contributed by atoms with E-state index in [1.165, 1.54) is 18.4 Å². The third kappa shape index (κ3) is 4.26. The Morgan fingerprint density at radius 2 is 2.03 bits per heavy atom. The quantitative estimate of drug-likeness (QED) is 0.305. The van der Waals surface area contributed by atoms with Crippen molar-refractivity contribution in [2.24, 2.45) is 5.73 Å². The number of pyridine rings is 1. The van der Waals surface area contributed by atoms with Gasteiger partial charge in [-0.2, -0.15) is 5.10 Å². The molecule has 0 fully saturated rings. The molecule has 0 unspecified atom stereocenters. The van der Waals surface area contributed by atoms with Gasteiger partial charge in [0, 0.05) is 16.6 Å². The average Bonchev–Trinajstić information content (AvgIpc) is 3.61. The van der Waals surface area contributed by atoms with Crippen molar-refractivity contribution in [3.63, 3.8) is 0 Å². The minimum atomic E-state index is -2.86. The molecular formula is C24H19F2N5O4S. The van der Waals surface area contributed by atoms with E-state index in [0.717, 1.165) is 22.7 Å². The lowest BCUT2D eigenvalue weighted by Crippen LogP contribution is -2.16. The van der Waals surface area contributed by atoms with Crippen LogP contribution in [0.25, 0.3) is 21.5 Å². The molecule has 0 aliphatic carbocycles. The van der Waals surface area contributed by atoms with Gasteiger partial charge in [-0.3, -0.25) is 14.3 Å². The van der Waals surface area contributed by atoms with E-state index in [0.29, 0.717) is 12.3 Å². The molecule has 36 heavy (non-hydrogen) atoms. The Morgan fingerprint density at radius 3 is 2.67 bits per heavy atom. The zero-order valence-electron chi connectivity index (χ0n) is 19.0. The third-order valence-corrected chi connectivity index (χ3v) is 6.55. The Bertz CT molecular complexity index is 1600. The summed E-state index contributed by atoms with van der Waals surface area (Å²) < 4.78 is 39.9. The van der Waals surface area contributed by atoms with Crippen LogP contribution in [0.1, 0.15) is 49.5 Å². The number of fused-ring (bicyclic) bond motifs is 1. The van der Waals surface area contributed by atoms with Crippen molar-refractivity contribution in [2.75, 3.05) is 5.32 Å². The van der Waals surface area contributed by atoms with Gasteiger partial charge in [0.1, 0.15) is 26.9 Å². The molecule has 0 saturated heterocycles. The number of hydrogen-bond acceptors (Lipinski definition) is 7. The molecule has 184 valence electrons. The first-order chi connectivity index (χ1) is 17.2. The van der Waals surface area contributed by atoms with Crippen LogP contribution in [0, 0.1) is 13.8 Å². The van der Waals surface area contributed by atoms with Gasteiger partial charge in [0.25, 0.3) is 18.2 Å². The van der Waals surface area contributed by atoms with Gasteiger partial charge in [-0.15, -0.1) is 11.3 Å². The smallest absolute Gasteiger partial charge is 0.291 e.